The zero-order valence-corrected chi connectivity index (χ0v) is 21.3. The van der Waals surface area contributed by atoms with Gasteiger partial charge in [0, 0.05) is 5.56 Å². The molecule has 0 aliphatic carbocycles. The number of nitrogens with zero attached hydrogens (tertiary/aromatic N) is 4. The van der Waals surface area contributed by atoms with Gasteiger partial charge in [-0.05, 0) is 41.8 Å². The fraction of sp³-hybridized carbons (Fsp3) is 0.0968. The van der Waals surface area contributed by atoms with Crippen LogP contribution in [-0.4, -0.2) is 12.2 Å². The van der Waals surface area contributed by atoms with Crippen molar-refractivity contribution in [1.82, 2.24) is 0 Å². The summed E-state index contributed by atoms with van der Waals surface area (Å²) >= 11 is 0. The molecule has 0 fully saturated rings. The maximum absolute atomic E-state index is 11.8. The van der Waals surface area contributed by atoms with Crippen LogP contribution in [0.4, 0.5) is 0 Å². The predicted molar refractivity (Wildman–Crippen MR) is 146 cm³/mol. The molecule has 182 valence electrons. The molecule has 0 aliphatic rings. The number of hydrogen-bond donors (Lipinski definition) is 1. The van der Waals surface area contributed by atoms with Gasteiger partial charge < -0.3 is 9.84 Å². The summed E-state index contributed by atoms with van der Waals surface area (Å²) in [5, 5.41) is 53.4. The molecule has 0 saturated heterocycles. The summed E-state index contributed by atoms with van der Waals surface area (Å²) in [7, 11) is 0.197. The third kappa shape index (κ3) is 4.54. The molecule has 0 amide bonds. The fourth-order valence-electron chi connectivity index (χ4n) is 4.34. The largest absolute Gasteiger partial charge is 0.507 e. The van der Waals surface area contributed by atoms with Gasteiger partial charge in [-0.2, -0.15) is 21.0 Å². The van der Waals surface area contributed by atoms with Gasteiger partial charge in [0.2, 0.25) is 0 Å². The van der Waals surface area contributed by atoms with Crippen LogP contribution < -0.4 is 20.7 Å². The summed E-state index contributed by atoms with van der Waals surface area (Å²) in [5.41, 5.74) is -0.953. The predicted octanol–water partition coefficient (Wildman–Crippen LogP) is 4.62. The number of rotatable bonds is 7. The van der Waals surface area contributed by atoms with E-state index in [1.54, 1.807) is 30.3 Å². The molecule has 7 heteroatoms. The summed E-state index contributed by atoms with van der Waals surface area (Å²) in [5.74, 6) is -0.720. The van der Waals surface area contributed by atoms with E-state index in [2.05, 4.69) is 12.1 Å². The number of hydrogen-bond acceptors (Lipinski definition) is 6. The topological polar surface area (TPSA) is 125 Å². The highest BCUT2D eigenvalue weighted by Gasteiger charge is 2.40. The molecule has 0 atom stereocenters. The van der Waals surface area contributed by atoms with Gasteiger partial charge in [0.05, 0.1) is 36.7 Å². The zero-order chi connectivity index (χ0) is 27.1. The van der Waals surface area contributed by atoms with Gasteiger partial charge in [-0.1, -0.05) is 84.9 Å². The Morgan fingerprint density at radius 1 is 0.737 bits per heavy atom. The van der Waals surface area contributed by atoms with Crippen LogP contribution in [0.25, 0.3) is 0 Å². The number of nitriles is 4. The summed E-state index contributed by atoms with van der Waals surface area (Å²) < 4.78 is 5.69. The third-order valence-corrected chi connectivity index (χ3v) is 8.77. The van der Waals surface area contributed by atoms with Gasteiger partial charge in [0.15, 0.2) is 11.3 Å². The minimum absolute atomic E-state index is 0.127. The summed E-state index contributed by atoms with van der Waals surface area (Å²) in [6, 6.07) is 36.9. The smallest absolute Gasteiger partial charge is 0.197 e. The Bertz CT molecular complexity index is 1540. The quantitative estimate of drug-likeness (QED) is 0.360. The lowest BCUT2D eigenvalue weighted by molar-refractivity contribution is 0.411. The van der Waals surface area contributed by atoms with Crippen molar-refractivity contribution in [2.75, 3.05) is 7.11 Å². The Balaban J connectivity index is 1.97. The normalized spacial score (nSPS) is 10.7. The van der Waals surface area contributed by atoms with Crippen molar-refractivity contribution in [3.8, 4) is 35.8 Å². The van der Waals surface area contributed by atoms with Crippen molar-refractivity contribution in [2.24, 2.45) is 0 Å². The molecule has 0 saturated carbocycles. The molecule has 38 heavy (non-hydrogen) atoms. The second-order valence-electron chi connectivity index (χ2n) is 8.31. The van der Waals surface area contributed by atoms with E-state index >= 15 is 0 Å². The average molecular weight is 513 g/mol. The van der Waals surface area contributed by atoms with E-state index in [1.165, 1.54) is 13.2 Å². The lowest BCUT2D eigenvalue weighted by atomic mass is 9.76. The molecule has 6 nitrogen and oxygen atoms in total. The molecule has 1 N–H and O–H groups in total. The molecule has 0 heterocycles. The van der Waals surface area contributed by atoms with Gasteiger partial charge in [0.1, 0.15) is 11.5 Å². The monoisotopic (exact) mass is 512 g/mol. The molecule has 0 aliphatic heterocycles. The van der Waals surface area contributed by atoms with Gasteiger partial charge >= 0.3 is 0 Å². The van der Waals surface area contributed by atoms with Crippen LogP contribution in [0.5, 0.6) is 11.5 Å². The molecule has 0 spiro atoms. The highest BCUT2D eigenvalue weighted by Crippen LogP contribution is 2.45. The molecule has 0 bridgehead atoms. The first-order valence-corrected chi connectivity index (χ1v) is 12.9. The minimum Gasteiger partial charge on any atom is -0.507 e. The van der Waals surface area contributed by atoms with Crippen LogP contribution in [-0.2, 0) is 5.41 Å². The van der Waals surface area contributed by atoms with Crippen LogP contribution in [0, 0.1) is 45.3 Å². The number of aromatic hydroxyl groups is 1. The van der Waals surface area contributed by atoms with E-state index in [0.717, 1.165) is 10.6 Å². The van der Waals surface area contributed by atoms with Crippen molar-refractivity contribution in [1.29, 1.82) is 21.0 Å². The number of ether oxygens (including phenoxy) is 1. The zero-order valence-electron chi connectivity index (χ0n) is 20.4. The van der Waals surface area contributed by atoms with Crippen LogP contribution in [0.1, 0.15) is 22.6 Å². The number of phenols is 1. The van der Waals surface area contributed by atoms with Crippen LogP contribution in [0.3, 0.4) is 0 Å². The average Bonchev–Trinajstić information content (AvgIpc) is 2.98. The lowest BCUT2D eigenvalue weighted by Crippen LogP contribution is -2.28. The van der Waals surface area contributed by atoms with Gasteiger partial charge in [-0.3, -0.25) is 0 Å². The third-order valence-electron chi connectivity index (χ3n) is 6.26. The van der Waals surface area contributed by atoms with Crippen molar-refractivity contribution in [2.45, 2.75) is 11.3 Å². The molecule has 0 radical (unpaired) electrons. The lowest BCUT2D eigenvalue weighted by Gasteiger charge is -2.27. The van der Waals surface area contributed by atoms with E-state index in [0.29, 0.717) is 22.2 Å². The van der Waals surface area contributed by atoms with E-state index in [9.17, 15) is 26.2 Å². The molecule has 4 aromatic rings. The van der Waals surface area contributed by atoms with Crippen LogP contribution >= 0.6 is 7.92 Å². The standard InChI is InChI=1S/C31H21N4O2P/c1-37-28-17-16-27(31(20-34,21-35)24-14-12-22(13-15-24)23(18-32)19-33)29(36)30(28)38(25-8-4-2-5-9-25)26-10-6-3-7-11-26/h2-17,23,36H,1H3. The first-order chi connectivity index (χ1) is 18.5. The first kappa shape index (κ1) is 25.9. The SMILES string of the molecule is COc1ccc(C(C#N)(C#N)c2ccc(C(C#N)C#N)cc2)c(O)c1P(c1ccccc1)c1ccccc1. The van der Waals surface area contributed by atoms with Crippen molar-refractivity contribution in [3.05, 3.63) is 114 Å². The van der Waals surface area contributed by atoms with Crippen molar-refractivity contribution < 1.29 is 9.84 Å². The molecule has 0 aromatic heterocycles. The van der Waals surface area contributed by atoms with Crippen molar-refractivity contribution >= 4 is 23.8 Å². The first-order valence-electron chi connectivity index (χ1n) is 11.6. The van der Waals surface area contributed by atoms with Crippen molar-refractivity contribution in [3.63, 3.8) is 0 Å². The second kappa shape index (κ2) is 11.3. The molecule has 4 rings (SSSR count). The maximum Gasteiger partial charge on any atom is 0.197 e. The summed E-state index contributed by atoms with van der Waals surface area (Å²) in [4.78, 5) is 0. The minimum atomic E-state index is -1.85. The molecule has 0 unspecified atom stereocenters. The highest BCUT2D eigenvalue weighted by atomic mass is 31.1. The number of phenolic OH excluding ortho intramolecular Hbond substituents is 1. The van der Waals surface area contributed by atoms with E-state index in [4.69, 9.17) is 4.74 Å². The van der Waals surface area contributed by atoms with Gasteiger partial charge in [-0.15, -0.1) is 0 Å². The van der Waals surface area contributed by atoms with Crippen LogP contribution in [0.15, 0.2) is 97.1 Å². The number of benzene rings is 4. The van der Waals surface area contributed by atoms with E-state index in [1.807, 2.05) is 72.8 Å². The number of methoxy groups -OCH3 is 1. The highest BCUT2D eigenvalue weighted by molar-refractivity contribution is 7.80. The molecular formula is C31H21N4O2P. The summed E-state index contributed by atoms with van der Waals surface area (Å²) in [6.45, 7) is 0. The summed E-state index contributed by atoms with van der Waals surface area (Å²) in [6.07, 6.45) is 0. The van der Waals surface area contributed by atoms with Gasteiger partial charge in [-0.25, -0.2) is 0 Å². The Kier molecular flexibility index (Phi) is 7.71. The maximum atomic E-state index is 11.8. The Labute approximate surface area is 222 Å². The fourth-order valence-corrected chi connectivity index (χ4v) is 6.81. The second-order valence-corrected chi connectivity index (χ2v) is 10.5. The van der Waals surface area contributed by atoms with Gasteiger partial charge in [0.25, 0.3) is 0 Å². The van der Waals surface area contributed by atoms with E-state index in [-0.39, 0.29) is 11.3 Å². The van der Waals surface area contributed by atoms with E-state index < -0.39 is 19.3 Å². The molecular weight excluding hydrogens is 491 g/mol. The molecule has 4 aromatic carbocycles. The van der Waals surface area contributed by atoms with Crippen LogP contribution in [0.2, 0.25) is 0 Å². The Morgan fingerprint density at radius 3 is 1.71 bits per heavy atom. The Hall–Kier alpha value is -5.13. The Morgan fingerprint density at radius 2 is 1.26 bits per heavy atom.